The fourth-order valence-corrected chi connectivity index (χ4v) is 3.87. The SMILES string of the molecule is COc1ccc(/C(=C(/c2ccc(C)cc2)c2ccc(OC)cc2)c2ccc(C)cc2)cc1. The zero-order chi connectivity index (χ0) is 22.5. The zero-order valence-corrected chi connectivity index (χ0v) is 19.1. The molecule has 0 aliphatic rings. The standard InChI is InChI=1S/C30H28O2/c1-21-5-9-23(10-6-21)29(25-13-17-27(31-3)18-14-25)30(24-11-7-22(2)8-12-24)26-15-19-28(32-4)20-16-26/h5-20H,1-4H3/b30-29-. The molecule has 0 aliphatic carbocycles. The highest BCUT2D eigenvalue weighted by Crippen LogP contribution is 2.38. The minimum atomic E-state index is 0.846. The van der Waals surface area contributed by atoms with Gasteiger partial charge in [0.25, 0.3) is 0 Å². The fourth-order valence-electron chi connectivity index (χ4n) is 3.87. The molecule has 2 nitrogen and oxygen atoms in total. The molecule has 4 aromatic rings. The van der Waals surface area contributed by atoms with Crippen molar-refractivity contribution in [1.29, 1.82) is 0 Å². The highest BCUT2D eigenvalue weighted by atomic mass is 16.5. The zero-order valence-electron chi connectivity index (χ0n) is 19.1. The van der Waals surface area contributed by atoms with Crippen LogP contribution in [-0.4, -0.2) is 14.2 Å². The minimum Gasteiger partial charge on any atom is -0.497 e. The molecule has 0 amide bonds. The van der Waals surface area contributed by atoms with Crippen molar-refractivity contribution in [2.24, 2.45) is 0 Å². The van der Waals surface area contributed by atoms with Crippen LogP contribution in [0.5, 0.6) is 11.5 Å². The Hall–Kier alpha value is -3.78. The number of methoxy groups -OCH3 is 2. The molecule has 0 N–H and O–H groups in total. The number of rotatable bonds is 6. The topological polar surface area (TPSA) is 18.5 Å². The molecule has 0 atom stereocenters. The van der Waals surface area contributed by atoms with Crippen LogP contribution in [0.1, 0.15) is 33.4 Å². The third-order valence-electron chi connectivity index (χ3n) is 5.69. The van der Waals surface area contributed by atoms with Crippen LogP contribution in [0.25, 0.3) is 11.1 Å². The summed E-state index contributed by atoms with van der Waals surface area (Å²) < 4.78 is 10.8. The van der Waals surface area contributed by atoms with E-state index in [2.05, 4.69) is 86.6 Å². The van der Waals surface area contributed by atoms with Gasteiger partial charge in [-0.05, 0) is 71.5 Å². The van der Waals surface area contributed by atoms with Gasteiger partial charge in [0.05, 0.1) is 14.2 Å². The molecule has 0 unspecified atom stereocenters. The van der Waals surface area contributed by atoms with Gasteiger partial charge in [-0.25, -0.2) is 0 Å². The number of hydrogen-bond donors (Lipinski definition) is 0. The number of ether oxygens (including phenoxy) is 2. The van der Waals surface area contributed by atoms with Crippen LogP contribution >= 0.6 is 0 Å². The molecule has 0 aliphatic heterocycles. The minimum absolute atomic E-state index is 0.846. The first kappa shape index (κ1) is 21.5. The third-order valence-corrected chi connectivity index (χ3v) is 5.69. The van der Waals surface area contributed by atoms with Crippen LogP contribution < -0.4 is 9.47 Å². The van der Waals surface area contributed by atoms with Gasteiger partial charge in [-0.3, -0.25) is 0 Å². The lowest BCUT2D eigenvalue weighted by atomic mass is 9.85. The van der Waals surface area contributed by atoms with Crippen LogP contribution in [0.3, 0.4) is 0 Å². The van der Waals surface area contributed by atoms with E-state index in [-0.39, 0.29) is 0 Å². The predicted molar refractivity (Wildman–Crippen MR) is 133 cm³/mol. The largest absolute Gasteiger partial charge is 0.497 e. The summed E-state index contributed by atoms with van der Waals surface area (Å²) in [5.74, 6) is 1.69. The van der Waals surface area contributed by atoms with Crippen molar-refractivity contribution < 1.29 is 9.47 Å². The Labute approximate surface area is 190 Å². The van der Waals surface area contributed by atoms with Gasteiger partial charge < -0.3 is 9.47 Å². The molecule has 0 saturated carbocycles. The fraction of sp³-hybridized carbons (Fsp3) is 0.133. The van der Waals surface area contributed by atoms with Gasteiger partial charge in [0.2, 0.25) is 0 Å². The van der Waals surface area contributed by atoms with Crippen LogP contribution in [0, 0.1) is 13.8 Å². The highest BCUT2D eigenvalue weighted by molar-refractivity contribution is 6.04. The molecule has 0 heterocycles. The normalized spacial score (nSPS) is 11.6. The molecule has 160 valence electrons. The Kier molecular flexibility index (Phi) is 6.42. The maximum absolute atomic E-state index is 5.41. The van der Waals surface area contributed by atoms with Crippen molar-refractivity contribution in [3.63, 3.8) is 0 Å². The summed E-state index contributed by atoms with van der Waals surface area (Å²) in [5, 5.41) is 0. The Morgan fingerprint density at radius 1 is 0.406 bits per heavy atom. The molecule has 4 aromatic carbocycles. The molecule has 2 heteroatoms. The van der Waals surface area contributed by atoms with E-state index < -0.39 is 0 Å². The molecule has 0 aromatic heterocycles. The predicted octanol–water partition coefficient (Wildman–Crippen LogP) is 7.33. The van der Waals surface area contributed by atoms with Gasteiger partial charge in [-0.1, -0.05) is 83.9 Å². The number of hydrogen-bond acceptors (Lipinski definition) is 2. The van der Waals surface area contributed by atoms with Crippen LogP contribution in [-0.2, 0) is 0 Å². The maximum Gasteiger partial charge on any atom is 0.118 e. The summed E-state index contributed by atoms with van der Waals surface area (Å²) in [4.78, 5) is 0. The second kappa shape index (κ2) is 9.57. The van der Waals surface area contributed by atoms with E-state index in [0.29, 0.717) is 0 Å². The summed E-state index contributed by atoms with van der Waals surface area (Å²) >= 11 is 0. The Morgan fingerprint density at radius 3 is 0.906 bits per heavy atom. The molecule has 0 radical (unpaired) electrons. The van der Waals surface area contributed by atoms with Gasteiger partial charge in [0.15, 0.2) is 0 Å². The van der Waals surface area contributed by atoms with Gasteiger partial charge in [-0.15, -0.1) is 0 Å². The second-order valence-electron chi connectivity index (χ2n) is 7.94. The van der Waals surface area contributed by atoms with E-state index in [1.165, 1.54) is 33.4 Å². The van der Waals surface area contributed by atoms with Gasteiger partial charge >= 0.3 is 0 Å². The van der Waals surface area contributed by atoms with Crippen LogP contribution in [0.2, 0.25) is 0 Å². The Balaban J connectivity index is 2.04. The lowest BCUT2D eigenvalue weighted by Crippen LogP contribution is -1.98. The van der Waals surface area contributed by atoms with E-state index >= 15 is 0 Å². The lowest BCUT2D eigenvalue weighted by molar-refractivity contribution is 0.414. The first-order valence-electron chi connectivity index (χ1n) is 10.8. The van der Waals surface area contributed by atoms with E-state index in [0.717, 1.165) is 22.6 Å². The van der Waals surface area contributed by atoms with Gasteiger partial charge in [0.1, 0.15) is 11.5 Å². The van der Waals surface area contributed by atoms with Crippen molar-refractivity contribution in [1.82, 2.24) is 0 Å². The lowest BCUT2D eigenvalue weighted by Gasteiger charge is -2.19. The van der Waals surface area contributed by atoms with E-state index in [9.17, 15) is 0 Å². The van der Waals surface area contributed by atoms with Gasteiger partial charge in [0, 0.05) is 0 Å². The number of aryl methyl sites for hydroxylation is 2. The summed E-state index contributed by atoms with van der Waals surface area (Å²) in [5.41, 5.74) is 9.47. The molecule has 0 bridgehead atoms. The smallest absolute Gasteiger partial charge is 0.118 e. The van der Waals surface area contributed by atoms with E-state index in [1.54, 1.807) is 14.2 Å². The second-order valence-corrected chi connectivity index (χ2v) is 7.94. The highest BCUT2D eigenvalue weighted by Gasteiger charge is 2.16. The first-order chi connectivity index (χ1) is 15.6. The average Bonchev–Trinajstić information content (AvgIpc) is 2.84. The Morgan fingerprint density at radius 2 is 0.656 bits per heavy atom. The molecular weight excluding hydrogens is 392 g/mol. The van der Waals surface area contributed by atoms with E-state index in [1.807, 2.05) is 24.3 Å². The third kappa shape index (κ3) is 4.60. The van der Waals surface area contributed by atoms with Crippen molar-refractivity contribution in [2.75, 3.05) is 14.2 Å². The summed E-state index contributed by atoms with van der Waals surface area (Å²) in [6.07, 6.45) is 0. The maximum atomic E-state index is 5.41. The quantitative estimate of drug-likeness (QED) is 0.304. The van der Waals surface area contributed by atoms with Gasteiger partial charge in [-0.2, -0.15) is 0 Å². The molecule has 0 saturated heterocycles. The molecular formula is C30H28O2. The van der Waals surface area contributed by atoms with Crippen molar-refractivity contribution in [2.45, 2.75) is 13.8 Å². The molecule has 0 fully saturated rings. The number of benzene rings is 4. The van der Waals surface area contributed by atoms with Crippen molar-refractivity contribution >= 4 is 11.1 Å². The first-order valence-corrected chi connectivity index (χ1v) is 10.8. The average molecular weight is 421 g/mol. The summed E-state index contributed by atoms with van der Waals surface area (Å²) in [6.45, 7) is 4.23. The monoisotopic (exact) mass is 420 g/mol. The summed E-state index contributed by atoms with van der Waals surface area (Å²) in [7, 11) is 3.39. The summed E-state index contributed by atoms with van der Waals surface area (Å²) in [6, 6.07) is 34.1. The molecule has 32 heavy (non-hydrogen) atoms. The molecule has 4 rings (SSSR count). The van der Waals surface area contributed by atoms with Crippen LogP contribution in [0.15, 0.2) is 97.1 Å². The Bertz CT molecular complexity index is 1100. The van der Waals surface area contributed by atoms with E-state index in [4.69, 9.17) is 9.47 Å². The van der Waals surface area contributed by atoms with Crippen molar-refractivity contribution in [3.8, 4) is 11.5 Å². The molecule has 0 spiro atoms. The van der Waals surface area contributed by atoms with Crippen LogP contribution in [0.4, 0.5) is 0 Å². The van der Waals surface area contributed by atoms with Crippen molar-refractivity contribution in [3.05, 3.63) is 130 Å².